The van der Waals surface area contributed by atoms with Gasteiger partial charge in [0.05, 0.1) is 0 Å². The maximum Gasteiger partial charge on any atom is 0.191 e. The van der Waals surface area contributed by atoms with Gasteiger partial charge in [0.2, 0.25) is 0 Å². The van der Waals surface area contributed by atoms with E-state index >= 15 is 0 Å². The van der Waals surface area contributed by atoms with Gasteiger partial charge in [0.1, 0.15) is 4.34 Å². The van der Waals surface area contributed by atoms with Gasteiger partial charge in [-0.25, -0.2) is 4.98 Å². The molecule has 126 valence electrons. The van der Waals surface area contributed by atoms with Crippen molar-refractivity contribution in [1.82, 2.24) is 15.6 Å². The highest BCUT2D eigenvalue weighted by atomic mass is 127. The Labute approximate surface area is 163 Å². The van der Waals surface area contributed by atoms with Gasteiger partial charge in [0.25, 0.3) is 0 Å². The molecule has 1 aliphatic carbocycles. The number of thiazole rings is 1. The van der Waals surface area contributed by atoms with Crippen molar-refractivity contribution in [2.45, 2.75) is 41.3 Å². The number of aromatic nitrogens is 1. The van der Waals surface area contributed by atoms with Crippen molar-refractivity contribution in [2.75, 3.05) is 25.6 Å². The molecule has 2 unspecified atom stereocenters. The van der Waals surface area contributed by atoms with E-state index in [2.05, 4.69) is 26.9 Å². The Hall–Kier alpha value is 0.330. The molecule has 0 saturated heterocycles. The first-order valence-corrected chi connectivity index (χ1v) is 10.5. The van der Waals surface area contributed by atoms with Crippen LogP contribution < -0.4 is 10.6 Å². The van der Waals surface area contributed by atoms with Crippen molar-refractivity contribution in [3.05, 3.63) is 11.6 Å². The highest BCUT2D eigenvalue weighted by molar-refractivity contribution is 14.0. The van der Waals surface area contributed by atoms with Crippen LogP contribution in [0.2, 0.25) is 0 Å². The maximum absolute atomic E-state index is 4.32. The molecule has 0 radical (unpaired) electrons. The molecule has 0 amide bonds. The number of nitrogens with zero attached hydrogens (tertiary/aromatic N) is 2. The average Bonchev–Trinajstić information content (AvgIpc) is 3.16. The smallest absolute Gasteiger partial charge is 0.191 e. The quantitative estimate of drug-likeness (QED) is 0.209. The first-order valence-electron chi connectivity index (χ1n) is 7.34. The summed E-state index contributed by atoms with van der Waals surface area (Å²) in [5.74, 6) is 2.04. The molecule has 1 saturated carbocycles. The molecule has 8 heteroatoms. The van der Waals surface area contributed by atoms with E-state index in [9.17, 15) is 0 Å². The Kier molecular flexibility index (Phi) is 10.9. The van der Waals surface area contributed by atoms with Crippen LogP contribution in [0.3, 0.4) is 0 Å². The Morgan fingerprint density at radius 3 is 3.00 bits per heavy atom. The molecule has 4 nitrogen and oxygen atoms in total. The first kappa shape index (κ1) is 20.4. The van der Waals surface area contributed by atoms with Crippen molar-refractivity contribution in [2.24, 2.45) is 4.99 Å². The number of aliphatic imine (C=N–C) groups is 1. The number of guanidine groups is 1. The number of nitrogens with one attached hydrogen (secondary N) is 2. The lowest BCUT2D eigenvalue weighted by Gasteiger charge is -2.17. The molecule has 1 aromatic rings. The molecule has 22 heavy (non-hydrogen) atoms. The third-order valence-corrected chi connectivity index (χ3v) is 6.68. The van der Waals surface area contributed by atoms with E-state index in [-0.39, 0.29) is 24.0 Å². The molecule has 0 aliphatic heterocycles. The highest BCUT2D eigenvalue weighted by Gasteiger charge is 2.24. The van der Waals surface area contributed by atoms with Gasteiger partial charge in [0, 0.05) is 42.2 Å². The maximum atomic E-state index is 4.32. The van der Waals surface area contributed by atoms with Crippen molar-refractivity contribution < 1.29 is 0 Å². The average molecular weight is 472 g/mol. The normalized spacial score (nSPS) is 21.5. The van der Waals surface area contributed by atoms with Gasteiger partial charge < -0.3 is 10.6 Å². The van der Waals surface area contributed by atoms with E-state index in [1.807, 2.05) is 42.1 Å². The third-order valence-electron chi connectivity index (χ3n) is 3.53. The minimum atomic E-state index is 0. The second kappa shape index (κ2) is 11.8. The predicted molar refractivity (Wildman–Crippen MR) is 112 cm³/mol. The molecule has 0 bridgehead atoms. The van der Waals surface area contributed by atoms with Crippen molar-refractivity contribution in [1.29, 1.82) is 0 Å². The van der Waals surface area contributed by atoms with E-state index in [4.69, 9.17) is 0 Å². The Bertz CT molecular complexity index is 428. The van der Waals surface area contributed by atoms with E-state index in [0.29, 0.717) is 6.04 Å². The SMILES string of the molecule is CN=C(NCCCSc1nccs1)NC1CCC(SC)C1.I. The summed E-state index contributed by atoms with van der Waals surface area (Å²) in [7, 11) is 1.85. The van der Waals surface area contributed by atoms with E-state index in [1.165, 1.54) is 19.3 Å². The number of hydrogen-bond donors (Lipinski definition) is 2. The number of hydrogen-bond acceptors (Lipinski definition) is 5. The largest absolute Gasteiger partial charge is 0.356 e. The van der Waals surface area contributed by atoms with Crippen LogP contribution in [0.25, 0.3) is 0 Å². The van der Waals surface area contributed by atoms with Crippen LogP contribution in [-0.2, 0) is 0 Å². The minimum absolute atomic E-state index is 0. The van der Waals surface area contributed by atoms with E-state index < -0.39 is 0 Å². The van der Waals surface area contributed by atoms with Gasteiger partial charge in [-0.2, -0.15) is 11.8 Å². The van der Waals surface area contributed by atoms with Gasteiger partial charge in [-0.15, -0.1) is 35.3 Å². The summed E-state index contributed by atoms with van der Waals surface area (Å²) >= 11 is 5.52. The van der Waals surface area contributed by atoms with Crippen LogP contribution in [0.5, 0.6) is 0 Å². The molecule has 0 aromatic carbocycles. The lowest BCUT2D eigenvalue weighted by atomic mass is 10.2. The Balaban J connectivity index is 0.00000242. The molecular weight excluding hydrogens is 447 g/mol. The molecule has 2 rings (SSSR count). The van der Waals surface area contributed by atoms with Gasteiger partial charge in [-0.1, -0.05) is 11.8 Å². The Morgan fingerprint density at radius 2 is 2.36 bits per heavy atom. The second-order valence-corrected chi connectivity index (χ2v) is 8.39. The molecule has 1 heterocycles. The van der Waals surface area contributed by atoms with Gasteiger partial charge in [0.15, 0.2) is 5.96 Å². The lowest BCUT2D eigenvalue weighted by molar-refractivity contribution is 0.614. The zero-order chi connectivity index (χ0) is 14.9. The third kappa shape index (κ3) is 7.27. The van der Waals surface area contributed by atoms with E-state index in [0.717, 1.165) is 34.3 Å². The van der Waals surface area contributed by atoms with Crippen molar-refractivity contribution in [3.63, 3.8) is 0 Å². The zero-order valence-corrected chi connectivity index (χ0v) is 17.9. The summed E-state index contributed by atoms with van der Waals surface area (Å²) in [5, 5.41) is 9.79. The molecule has 2 N–H and O–H groups in total. The van der Waals surface area contributed by atoms with Crippen LogP contribution in [-0.4, -0.2) is 47.8 Å². The molecule has 1 aromatic heterocycles. The zero-order valence-electron chi connectivity index (χ0n) is 13.1. The molecule has 2 atom stereocenters. The van der Waals surface area contributed by atoms with Crippen LogP contribution in [0.4, 0.5) is 0 Å². The van der Waals surface area contributed by atoms with E-state index in [1.54, 1.807) is 11.3 Å². The van der Waals surface area contributed by atoms with Crippen molar-refractivity contribution in [3.8, 4) is 0 Å². The first-order chi connectivity index (χ1) is 10.3. The predicted octanol–water partition coefficient (Wildman–Crippen LogP) is 3.69. The van der Waals surface area contributed by atoms with Crippen molar-refractivity contribution >= 4 is 64.8 Å². The number of halogens is 1. The summed E-state index contributed by atoms with van der Waals surface area (Å²) in [6, 6.07) is 0.582. The fourth-order valence-corrected chi connectivity index (χ4v) is 4.84. The molecular formula is C14H25IN4S3. The van der Waals surface area contributed by atoms with Gasteiger partial charge in [-0.05, 0) is 31.9 Å². The molecule has 1 aliphatic rings. The monoisotopic (exact) mass is 472 g/mol. The van der Waals surface area contributed by atoms with Gasteiger partial charge >= 0.3 is 0 Å². The lowest BCUT2D eigenvalue weighted by Crippen LogP contribution is -2.42. The van der Waals surface area contributed by atoms with Crippen LogP contribution in [0.15, 0.2) is 20.9 Å². The Morgan fingerprint density at radius 1 is 1.50 bits per heavy atom. The van der Waals surface area contributed by atoms with Crippen LogP contribution >= 0.6 is 58.8 Å². The number of rotatable bonds is 7. The fraction of sp³-hybridized carbons (Fsp3) is 0.714. The molecule has 1 fully saturated rings. The van der Waals surface area contributed by atoms with Crippen LogP contribution in [0, 0.1) is 0 Å². The standard InChI is InChI=1S/C14H24N4S3.HI/c1-15-13(18-11-4-5-12(10-11)19-2)16-6-3-8-20-14-17-7-9-21-14;/h7,9,11-12H,3-6,8,10H2,1-2H3,(H2,15,16,18);1H. The van der Waals surface area contributed by atoms with Crippen LogP contribution in [0.1, 0.15) is 25.7 Å². The summed E-state index contributed by atoms with van der Waals surface area (Å²) in [5.41, 5.74) is 0. The topological polar surface area (TPSA) is 49.3 Å². The summed E-state index contributed by atoms with van der Waals surface area (Å²) < 4.78 is 1.16. The summed E-state index contributed by atoms with van der Waals surface area (Å²) in [6.45, 7) is 0.955. The summed E-state index contributed by atoms with van der Waals surface area (Å²) in [4.78, 5) is 8.59. The fourth-order valence-electron chi connectivity index (χ4n) is 2.39. The number of thioether (sulfide) groups is 2. The molecule has 0 spiro atoms. The minimum Gasteiger partial charge on any atom is -0.356 e. The second-order valence-electron chi connectivity index (χ2n) is 5.01. The summed E-state index contributed by atoms with van der Waals surface area (Å²) in [6.07, 6.45) is 9.01. The van der Waals surface area contributed by atoms with Gasteiger partial charge in [-0.3, -0.25) is 4.99 Å². The highest BCUT2D eigenvalue weighted by Crippen LogP contribution is 2.28.